The van der Waals surface area contributed by atoms with E-state index in [2.05, 4.69) is 22.0 Å². The normalized spacial score (nSPS) is 27.1. The van der Waals surface area contributed by atoms with E-state index in [1.807, 2.05) is 13.8 Å². The summed E-state index contributed by atoms with van der Waals surface area (Å²) < 4.78 is 41.0. The van der Waals surface area contributed by atoms with E-state index in [1.54, 1.807) is 20.8 Å². The summed E-state index contributed by atoms with van der Waals surface area (Å²) in [5, 5.41) is 18.3. The molecule has 2 aliphatic carbocycles. The molecule has 1 spiro atoms. The number of hydrogen-bond donors (Lipinski definition) is 3. The summed E-state index contributed by atoms with van der Waals surface area (Å²) in [7, 11) is 1.20. The van der Waals surface area contributed by atoms with Gasteiger partial charge in [-0.15, -0.1) is 0 Å². The lowest BCUT2D eigenvalue weighted by atomic mass is 9.85. The molecule has 1 aromatic carbocycles. The lowest BCUT2D eigenvalue weighted by molar-refractivity contribution is -0.143. The second-order valence-electron chi connectivity index (χ2n) is 14.8. The minimum atomic E-state index is -4.70. The first kappa shape index (κ1) is 32.6. The molecule has 2 saturated carbocycles. The third kappa shape index (κ3) is 6.08. The van der Waals surface area contributed by atoms with Crippen molar-refractivity contribution in [3.05, 3.63) is 29.8 Å². The van der Waals surface area contributed by atoms with Gasteiger partial charge in [-0.3, -0.25) is 19.3 Å². The molecule has 5 rings (SSSR count). The number of piperidine rings is 1. The van der Waals surface area contributed by atoms with Crippen molar-refractivity contribution in [2.24, 2.45) is 28.6 Å². The molecule has 4 aliphatic rings. The summed E-state index contributed by atoms with van der Waals surface area (Å²) in [6.07, 6.45) is -2.09. The number of rotatable bonds is 7. The molecule has 4 fully saturated rings. The fourth-order valence-electron chi connectivity index (χ4n) is 7.30. The number of carbonyl (C=O) groups is 4. The molecular formula is C32H41F3N6O4. The number of halogens is 3. The molecule has 10 nitrogen and oxygen atoms in total. The number of nitrogens with one attached hydrogen (secondary N) is 3. The highest BCUT2D eigenvalue weighted by Gasteiger charge is 2.70. The van der Waals surface area contributed by atoms with E-state index in [4.69, 9.17) is 0 Å². The van der Waals surface area contributed by atoms with Gasteiger partial charge in [0.15, 0.2) is 0 Å². The van der Waals surface area contributed by atoms with Crippen molar-refractivity contribution < 1.29 is 32.3 Å². The average Bonchev–Trinajstić information content (AvgIpc) is 3.67. The van der Waals surface area contributed by atoms with Gasteiger partial charge in [0.1, 0.15) is 18.1 Å². The Morgan fingerprint density at radius 2 is 1.80 bits per heavy atom. The van der Waals surface area contributed by atoms with Gasteiger partial charge in [-0.2, -0.15) is 18.4 Å². The molecular weight excluding hydrogens is 589 g/mol. The maximum Gasteiger partial charge on any atom is 0.418 e. The monoisotopic (exact) mass is 630 g/mol. The van der Waals surface area contributed by atoms with E-state index < -0.39 is 53.1 Å². The Morgan fingerprint density at radius 3 is 2.36 bits per heavy atom. The van der Waals surface area contributed by atoms with Crippen molar-refractivity contribution in [2.45, 2.75) is 90.1 Å². The number of anilines is 1. The molecule has 2 aliphatic heterocycles. The zero-order chi connectivity index (χ0) is 33.3. The molecule has 6 atom stereocenters. The van der Waals surface area contributed by atoms with Crippen LogP contribution >= 0.6 is 0 Å². The van der Waals surface area contributed by atoms with Gasteiger partial charge in [0, 0.05) is 25.0 Å². The van der Waals surface area contributed by atoms with Crippen molar-refractivity contribution in [1.29, 1.82) is 5.26 Å². The van der Waals surface area contributed by atoms with Gasteiger partial charge in [-0.25, -0.2) is 4.79 Å². The Balaban J connectivity index is 1.33. The number of benzene rings is 1. The number of urea groups is 1. The molecule has 6 unspecified atom stereocenters. The molecule has 0 radical (unpaired) electrons. The maximum absolute atomic E-state index is 14.2. The zero-order valence-corrected chi connectivity index (χ0v) is 26.4. The summed E-state index contributed by atoms with van der Waals surface area (Å²) in [5.41, 5.74) is -2.62. The van der Waals surface area contributed by atoms with Crippen molar-refractivity contribution in [3.8, 4) is 6.07 Å². The standard InChI is InChI=1S/C32H41F3N6O4/c1-29(2,3)24(38-28(45)40(6)21-10-8-7-9-19(21)32(33,34)35)27(44)41-16-20-22(30(20,4)5)23(41)26(43)37-18(15-36)13-17-14-31(11-12-31)39-25(17)42/h7-10,17-18,20,22-24H,11-14,16H2,1-6H3,(H,37,43)(H,38,45)(H,39,42). The Bertz CT molecular complexity index is 1440. The van der Waals surface area contributed by atoms with Crippen LogP contribution in [-0.2, 0) is 20.6 Å². The van der Waals surface area contributed by atoms with E-state index in [9.17, 15) is 37.6 Å². The number of amides is 5. The fourth-order valence-corrected chi connectivity index (χ4v) is 7.30. The minimum Gasteiger partial charge on any atom is -0.350 e. The van der Waals surface area contributed by atoms with Crippen LogP contribution in [0.1, 0.15) is 65.9 Å². The molecule has 2 heterocycles. The van der Waals surface area contributed by atoms with Gasteiger partial charge in [0.25, 0.3) is 0 Å². The molecule has 45 heavy (non-hydrogen) atoms. The van der Waals surface area contributed by atoms with Gasteiger partial charge >= 0.3 is 12.2 Å². The minimum absolute atomic E-state index is 0.0192. The van der Waals surface area contributed by atoms with E-state index in [0.29, 0.717) is 6.42 Å². The summed E-state index contributed by atoms with van der Waals surface area (Å²) in [5.74, 6) is -1.69. The smallest absolute Gasteiger partial charge is 0.350 e. The second-order valence-corrected chi connectivity index (χ2v) is 14.8. The Labute approximate surface area is 261 Å². The van der Waals surface area contributed by atoms with Gasteiger partial charge in [-0.1, -0.05) is 46.8 Å². The summed E-state index contributed by atoms with van der Waals surface area (Å²) in [4.78, 5) is 56.1. The van der Waals surface area contributed by atoms with E-state index in [1.165, 1.54) is 30.1 Å². The molecule has 5 amide bonds. The van der Waals surface area contributed by atoms with E-state index in [-0.39, 0.29) is 53.3 Å². The fraction of sp³-hybridized carbons (Fsp3) is 0.656. The highest BCUT2D eigenvalue weighted by Crippen LogP contribution is 2.65. The van der Waals surface area contributed by atoms with Crippen molar-refractivity contribution in [1.82, 2.24) is 20.9 Å². The Hall–Kier alpha value is -3.82. The molecule has 244 valence electrons. The zero-order valence-electron chi connectivity index (χ0n) is 26.4. The highest BCUT2D eigenvalue weighted by atomic mass is 19.4. The average molecular weight is 631 g/mol. The largest absolute Gasteiger partial charge is 0.418 e. The Morgan fingerprint density at radius 1 is 1.16 bits per heavy atom. The van der Waals surface area contributed by atoms with Crippen LogP contribution in [0.4, 0.5) is 23.7 Å². The first-order chi connectivity index (χ1) is 20.8. The lowest BCUT2D eigenvalue weighted by Gasteiger charge is -2.38. The third-order valence-electron chi connectivity index (χ3n) is 10.3. The Kier molecular flexibility index (Phi) is 7.90. The van der Waals surface area contributed by atoms with Crippen molar-refractivity contribution in [3.63, 3.8) is 0 Å². The molecule has 2 saturated heterocycles. The molecule has 13 heteroatoms. The number of nitrogens with zero attached hydrogens (tertiary/aromatic N) is 3. The predicted octanol–water partition coefficient (Wildman–Crippen LogP) is 3.82. The third-order valence-corrected chi connectivity index (χ3v) is 10.3. The van der Waals surface area contributed by atoms with Gasteiger partial charge in [0.2, 0.25) is 17.7 Å². The number of nitriles is 1. The van der Waals surface area contributed by atoms with Crippen LogP contribution in [0.15, 0.2) is 24.3 Å². The van der Waals surface area contributed by atoms with Crippen molar-refractivity contribution in [2.75, 3.05) is 18.5 Å². The van der Waals surface area contributed by atoms with Crippen molar-refractivity contribution >= 4 is 29.4 Å². The summed E-state index contributed by atoms with van der Waals surface area (Å²) in [6.45, 7) is 9.45. The molecule has 1 aromatic rings. The quantitative estimate of drug-likeness (QED) is 0.421. The molecule has 3 N–H and O–H groups in total. The van der Waals surface area contributed by atoms with E-state index >= 15 is 0 Å². The maximum atomic E-state index is 14.2. The molecule has 0 bridgehead atoms. The SMILES string of the molecule is CN(C(=O)NC(C(=O)N1CC2C(C1C(=O)NC(C#N)CC1CC3(CC3)NC1=O)C2(C)C)C(C)(C)C)c1ccccc1C(F)(F)F. The summed E-state index contributed by atoms with van der Waals surface area (Å²) >= 11 is 0. The van der Waals surface area contributed by atoms with E-state index in [0.717, 1.165) is 23.8 Å². The first-order valence-electron chi connectivity index (χ1n) is 15.3. The number of alkyl halides is 3. The summed E-state index contributed by atoms with van der Waals surface area (Å²) in [6, 6.07) is 2.86. The first-order valence-corrected chi connectivity index (χ1v) is 15.3. The van der Waals surface area contributed by atoms with Crippen LogP contribution in [0.5, 0.6) is 0 Å². The van der Waals surface area contributed by atoms with Crippen LogP contribution in [0.3, 0.4) is 0 Å². The van der Waals surface area contributed by atoms with Gasteiger partial charge in [0.05, 0.1) is 17.3 Å². The number of carbonyl (C=O) groups excluding carboxylic acids is 4. The molecule has 0 aromatic heterocycles. The topological polar surface area (TPSA) is 135 Å². The van der Waals surface area contributed by atoms with Gasteiger partial charge < -0.3 is 20.9 Å². The van der Waals surface area contributed by atoms with Crippen LogP contribution in [0, 0.1) is 39.9 Å². The lowest BCUT2D eigenvalue weighted by Crippen LogP contribution is -2.61. The van der Waals surface area contributed by atoms with Crippen LogP contribution in [-0.4, -0.2) is 65.9 Å². The number of hydrogen-bond acceptors (Lipinski definition) is 5. The van der Waals surface area contributed by atoms with Gasteiger partial charge in [-0.05, 0) is 60.5 Å². The highest BCUT2D eigenvalue weighted by molar-refractivity contribution is 5.98. The number of likely N-dealkylation sites (tertiary alicyclic amines) is 1. The second kappa shape index (κ2) is 10.9. The predicted molar refractivity (Wildman–Crippen MR) is 158 cm³/mol. The van der Waals surface area contributed by atoms with Crippen LogP contribution in [0.25, 0.3) is 0 Å². The van der Waals surface area contributed by atoms with Crippen LogP contribution in [0.2, 0.25) is 0 Å². The number of fused-ring (bicyclic) bond motifs is 1. The number of para-hydroxylation sites is 1. The van der Waals surface area contributed by atoms with Crippen LogP contribution < -0.4 is 20.9 Å².